The molecule has 2 N–H and O–H groups in total. The van der Waals surface area contributed by atoms with Crippen LogP contribution in [0.3, 0.4) is 0 Å². The van der Waals surface area contributed by atoms with E-state index in [1.54, 1.807) is 49.5 Å². The smallest absolute Gasteiger partial charge is 0.248 e. The number of halogens is 1. The van der Waals surface area contributed by atoms with Crippen molar-refractivity contribution in [3.63, 3.8) is 0 Å². The summed E-state index contributed by atoms with van der Waals surface area (Å²) in [6, 6.07) is 11.9. The molecular formula is C25H29FN6O2S. The number of hydrogen-bond donors (Lipinski definition) is 1. The van der Waals surface area contributed by atoms with Gasteiger partial charge in [-0.05, 0) is 49.0 Å². The quantitative estimate of drug-likeness (QED) is 0.509. The third-order valence-electron chi connectivity index (χ3n) is 5.73. The number of carbonyl (C=O) groups excluding carboxylic acids is 1. The lowest BCUT2D eigenvalue weighted by molar-refractivity contribution is 0.1000. The molecule has 184 valence electrons. The molecule has 1 aliphatic rings. The van der Waals surface area contributed by atoms with Crippen molar-refractivity contribution in [2.24, 2.45) is 5.73 Å². The zero-order valence-electron chi connectivity index (χ0n) is 20.1. The molecule has 10 heteroatoms. The van der Waals surface area contributed by atoms with E-state index in [1.807, 2.05) is 12.1 Å². The van der Waals surface area contributed by atoms with E-state index in [0.29, 0.717) is 23.1 Å². The molecular weight excluding hydrogens is 467 g/mol. The first-order chi connectivity index (χ1) is 16.8. The van der Waals surface area contributed by atoms with E-state index < -0.39 is 5.91 Å². The van der Waals surface area contributed by atoms with Gasteiger partial charge < -0.3 is 25.2 Å². The van der Waals surface area contributed by atoms with Crippen LogP contribution in [-0.2, 0) is 6.61 Å². The SMILES string of the molecule is CN1CCN(c2ncc(Sc3ccc(C(N)=O)cc3)c(OCc3ccc(F)c(N(C)C)c3)n2)CC1. The first-order valence-corrected chi connectivity index (χ1v) is 12.1. The molecule has 1 amide bonds. The van der Waals surface area contributed by atoms with Crippen molar-refractivity contribution in [1.82, 2.24) is 14.9 Å². The van der Waals surface area contributed by atoms with Gasteiger partial charge in [-0.3, -0.25) is 4.79 Å². The number of carbonyl (C=O) groups is 1. The Bertz CT molecular complexity index is 1180. The highest BCUT2D eigenvalue weighted by Gasteiger charge is 2.19. The summed E-state index contributed by atoms with van der Waals surface area (Å²) in [7, 11) is 5.70. The zero-order chi connectivity index (χ0) is 24.9. The summed E-state index contributed by atoms with van der Waals surface area (Å²) in [4.78, 5) is 28.5. The summed E-state index contributed by atoms with van der Waals surface area (Å²) in [5.41, 5.74) is 7.12. The van der Waals surface area contributed by atoms with Gasteiger partial charge in [-0.2, -0.15) is 4.98 Å². The van der Waals surface area contributed by atoms with Crippen molar-refractivity contribution < 1.29 is 13.9 Å². The van der Waals surface area contributed by atoms with E-state index in [4.69, 9.17) is 15.5 Å². The Morgan fingerprint density at radius 3 is 2.51 bits per heavy atom. The third-order valence-corrected chi connectivity index (χ3v) is 6.74. The minimum absolute atomic E-state index is 0.231. The van der Waals surface area contributed by atoms with Crippen molar-refractivity contribution in [2.75, 3.05) is 57.1 Å². The Kier molecular flexibility index (Phi) is 7.72. The Hall–Kier alpha value is -3.37. The van der Waals surface area contributed by atoms with Crippen molar-refractivity contribution in [3.05, 3.63) is 65.6 Å². The topological polar surface area (TPSA) is 87.8 Å². The number of benzene rings is 2. The van der Waals surface area contributed by atoms with Gasteiger partial charge in [0.15, 0.2) is 0 Å². The maximum atomic E-state index is 14.1. The van der Waals surface area contributed by atoms with Gasteiger partial charge in [0.1, 0.15) is 12.4 Å². The second-order valence-corrected chi connectivity index (χ2v) is 9.70. The van der Waals surface area contributed by atoms with Crippen LogP contribution in [0, 0.1) is 5.82 Å². The third kappa shape index (κ3) is 6.20. The summed E-state index contributed by atoms with van der Waals surface area (Å²) in [6.07, 6.45) is 1.76. The summed E-state index contributed by atoms with van der Waals surface area (Å²) in [6.45, 7) is 3.77. The lowest BCUT2D eigenvalue weighted by Gasteiger charge is -2.32. The maximum absolute atomic E-state index is 14.1. The number of ether oxygens (including phenoxy) is 1. The molecule has 35 heavy (non-hydrogen) atoms. The second-order valence-electron chi connectivity index (χ2n) is 8.59. The molecule has 2 aromatic carbocycles. The fourth-order valence-electron chi connectivity index (χ4n) is 3.64. The number of piperazine rings is 1. The van der Waals surface area contributed by atoms with E-state index in [2.05, 4.69) is 21.8 Å². The Balaban J connectivity index is 1.59. The van der Waals surface area contributed by atoms with Crippen LogP contribution in [0.5, 0.6) is 5.88 Å². The molecule has 0 aliphatic carbocycles. The van der Waals surface area contributed by atoms with Gasteiger partial charge in [-0.15, -0.1) is 0 Å². The van der Waals surface area contributed by atoms with Crippen molar-refractivity contribution in [3.8, 4) is 5.88 Å². The summed E-state index contributed by atoms with van der Waals surface area (Å²) in [5, 5.41) is 0. The molecule has 0 spiro atoms. The van der Waals surface area contributed by atoms with Crippen LogP contribution in [0.4, 0.5) is 16.0 Å². The van der Waals surface area contributed by atoms with Crippen LogP contribution in [-0.4, -0.2) is 68.1 Å². The fraction of sp³-hybridized carbons (Fsp3) is 0.320. The molecule has 1 saturated heterocycles. The number of rotatable bonds is 8. The molecule has 1 fully saturated rings. The van der Waals surface area contributed by atoms with Crippen molar-refractivity contribution >= 4 is 29.3 Å². The molecule has 0 radical (unpaired) electrons. The lowest BCUT2D eigenvalue weighted by Crippen LogP contribution is -2.45. The first kappa shape index (κ1) is 24.7. The van der Waals surface area contributed by atoms with Gasteiger partial charge in [-0.25, -0.2) is 9.37 Å². The van der Waals surface area contributed by atoms with Crippen LogP contribution in [0.15, 0.2) is 58.5 Å². The Morgan fingerprint density at radius 2 is 1.86 bits per heavy atom. The predicted molar refractivity (Wildman–Crippen MR) is 136 cm³/mol. The molecule has 1 aliphatic heterocycles. The second kappa shape index (κ2) is 10.9. The highest BCUT2D eigenvalue weighted by Crippen LogP contribution is 2.35. The zero-order valence-corrected chi connectivity index (χ0v) is 20.9. The van der Waals surface area contributed by atoms with Crippen LogP contribution in [0.25, 0.3) is 0 Å². The molecule has 4 rings (SSSR count). The Labute approximate surface area is 208 Å². The first-order valence-electron chi connectivity index (χ1n) is 11.3. The van der Waals surface area contributed by atoms with E-state index in [-0.39, 0.29) is 12.4 Å². The highest BCUT2D eigenvalue weighted by molar-refractivity contribution is 7.99. The normalized spacial score (nSPS) is 14.1. The van der Waals surface area contributed by atoms with Crippen LogP contribution >= 0.6 is 11.8 Å². The Morgan fingerprint density at radius 1 is 1.14 bits per heavy atom. The lowest BCUT2D eigenvalue weighted by atomic mass is 10.2. The van der Waals surface area contributed by atoms with Gasteiger partial charge in [0, 0.05) is 50.7 Å². The summed E-state index contributed by atoms with van der Waals surface area (Å²) in [5.74, 6) is 0.318. The molecule has 0 atom stereocenters. The largest absolute Gasteiger partial charge is 0.472 e. The minimum Gasteiger partial charge on any atom is -0.472 e. The van der Waals surface area contributed by atoms with E-state index >= 15 is 0 Å². The summed E-state index contributed by atoms with van der Waals surface area (Å²) >= 11 is 1.44. The number of primary amides is 1. The molecule has 0 bridgehead atoms. The number of nitrogens with zero attached hydrogens (tertiary/aromatic N) is 5. The van der Waals surface area contributed by atoms with E-state index in [0.717, 1.165) is 41.5 Å². The number of likely N-dealkylation sites (N-methyl/N-ethyl adjacent to an activating group) is 1. The molecule has 1 aromatic heterocycles. The molecule has 3 aromatic rings. The number of amides is 1. The van der Waals surface area contributed by atoms with Crippen LogP contribution < -0.4 is 20.3 Å². The van der Waals surface area contributed by atoms with E-state index in [1.165, 1.54) is 17.8 Å². The van der Waals surface area contributed by atoms with Crippen LogP contribution in [0.1, 0.15) is 15.9 Å². The van der Waals surface area contributed by atoms with E-state index in [9.17, 15) is 9.18 Å². The molecule has 2 heterocycles. The fourth-order valence-corrected chi connectivity index (χ4v) is 4.46. The molecule has 0 unspecified atom stereocenters. The number of anilines is 2. The van der Waals surface area contributed by atoms with Gasteiger partial charge in [0.2, 0.25) is 17.7 Å². The molecule has 0 saturated carbocycles. The van der Waals surface area contributed by atoms with Gasteiger partial charge in [0.25, 0.3) is 0 Å². The van der Waals surface area contributed by atoms with Crippen molar-refractivity contribution in [1.29, 1.82) is 0 Å². The number of nitrogens with two attached hydrogens (primary N) is 1. The van der Waals surface area contributed by atoms with Gasteiger partial charge >= 0.3 is 0 Å². The average molecular weight is 497 g/mol. The van der Waals surface area contributed by atoms with Crippen molar-refractivity contribution in [2.45, 2.75) is 16.4 Å². The number of aromatic nitrogens is 2. The monoisotopic (exact) mass is 496 g/mol. The summed E-state index contributed by atoms with van der Waals surface area (Å²) < 4.78 is 20.3. The molecule has 8 nitrogen and oxygen atoms in total. The average Bonchev–Trinajstić information content (AvgIpc) is 2.85. The predicted octanol–water partition coefficient (Wildman–Crippen LogP) is 3.26. The highest BCUT2D eigenvalue weighted by atomic mass is 32.2. The van der Waals surface area contributed by atoms with Gasteiger partial charge in [0.05, 0.1) is 16.8 Å². The number of hydrogen-bond acceptors (Lipinski definition) is 8. The minimum atomic E-state index is -0.471. The standard InChI is InChI=1S/C25H29FN6O2S/c1-30(2)21-14-17(4-9-20(21)26)16-34-24-22(35-19-7-5-18(6-8-19)23(27)33)15-28-25(29-24)32-12-10-31(3)11-13-32/h4-9,14-15H,10-13,16H2,1-3H3,(H2,27,33). The maximum Gasteiger partial charge on any atom is 0.248 e. The van der Waals surface area contributed by atoms with Crippen LogP contribution in [0.2, 0.25) is 0 Å². The van der Waals surface area contributed by atoms with Gasteiger partial charge in [-0.1, -0.05) is 17.8 Å².